The van der Waals surface area contributed by atoms with Crippen LogP contribution in [0.3, 0.4) is 0 Å². The Labute approximate surface area is 186 Å². The summed E-state index contributed by atoms with van der Waals surface area (Å²) in [5.41, 5.74) is 2.77. The van der Waals surface area contributed by atoms with E-state index in [1.807, 2.05) is 26.0 Å². The van der Waals surface area contributed by atoms with Crippen molar-refractivity contribution in [2.45, 2.75) is 20.3 Å². The molecule has 0 bridgehead atoms. The number of hydrogen-bond acceptors (Lipinski definition) is 4. The van der Waals surface area contributed by atoms with E-state index in [1.54, 1.807) is 42.5 Å². The number of benzene rings is 3. The summed E-state index contributed by atoms with van der Waals surface area (Å²) in [6, 6.07) is 19.9. The van der Waals surface area contributed by atoms with Crippen molar-refractivity contribution in [3.8, 4) is 5.75 Å². The molecule has 3 aromatic rings. The van der Waals surface area contributed by atoms with Gasteiger partial charge >= 0.3 is 0 Å². The molecule has 0 radical (unpaired) electrons. The van der Waals surface area contributed by atoms with Crippen LogP contribution in [0, 0.1) is 12.7 Å². The van der Waals surface area contributed by atoms with Gasteiger partial charge in [0.15, 0.2) is 0 Å². The van der Waals surface area contributed by atoms with Gasteiger partial charge in [0, 0.05) is 5.69 Å². The summed E-state index contributed by atoms with van der Waals surface area (Å²) in [6.45, 7) is 4.54. The zero-order valence-corrected chi connectivity index (χ0v) is 17.9. The first-order valence-corrected chi connectivity index (χ1v) is 10.4. The highest BCUT2D eigenvalue weighted by Gasteiger charge is 2.40. The fourth-order valence-electron chi connectivity index (χ4n) is 3.49. The zero-order valence-electron chi connectivity index (χ0n) is 17.9. The molecule has 1 heterocycles. The number of carbonyl (C=O) groups is 2. The predicted molar refractivity (Wildman–Crippen MR) is 123 cm³/mol. The smallest absolute Gasteiger partial charge is 0.282 e. The quantitative estimate of drug-likeness (QED) is 0.516. The number of hydrogen-bond donors (Lipinski definition) is 1. The van der Waals surface area contributed by atoms with Gasteiger partial charge in [-0.25, -0.2) is 9.29 Å². The Morgan fingerprint density at radius 3 is 2.31 bits per heavy atom. The van der Waals surface area contributed by atoms with E-state index in [-0.39, 0.29) is 11.3 Å². The highest BCUT2D eigenvalue weighted by Crippen LogP contribution is 2.34. The minimum atomic E-state index is -0.496. The van der Waals surface area contributed by atoms with Crippen LogP contribution in [-0.2, 0) is 9.59 Å². The predicted octanol–water partition coefficient (Wildman–Crippen LogP) is 5.32. The van der Waals surface area contributed by atoms with Gasteiger partial charge in [-0.15, -0.1) is 0 Å². The second-order valence-corrected chi connectivity index (χ2v) is 7.54. The summed E-state index contributed by atoms with van der Waals surface area (Å²) >= 11 is 0. The van der Waals surface area contributed by atoms with E-state index < -0.39 is 17.6 Å². The molecule has 0 saturated carbocycles. The molecule has 0 atom stereocenters. The summed E-state index contributed by atoms with van der Waals surface area (Å²) in [4.78, 5) is 27.9. The molecule has 0 aromatic heterocycles. The molecule has 0 spiro atoms. The van der Waals surface area contributed by atoms with Crippen LogP contribution in [0.25, 0.3) is 5.57 Å². The molecule has 1 aliphatic heterocycles. The molecule has 0 saturated heterocycles. The third-order valence-electron chi connectivity index (χ3n) is 5.09. The number of rotatable bonds is 7. The summed E-state index contributed by atoms with van der Waals surface area (Å²) in [5.74, 6) is -0.700. The number of nitrogens with zero attached hydrogens (tertiary/aromatic N) is 1. The number of amides is 2. The van der Waals surface area contributed by atoms with Crippen LogP contribution < -0.4 is 15.0 Å². The lowest BCUT2D eigenvalue weighted by atomic mass is 10.0. The summed E-state index contributed by atoms with van der Waals surface area (Å²) in [5, 5.41) is 2.97. The molecule has 5 nitrogen and oxygen atoms in total. The van der Waals surface area contributed by atoms with Crippen LogP contribution in [0.5, 0.6) is 5.75 Å². The molecule has 0 unspecified atom stereocenters. The van der Waals surface area contributed by atoms with E-state index in [0.717, 1.165) is 16.9 Å². The van der Waals surface area contributed by atoms with Gasteiger partial charge in [0.25, 0.3) is 11.8 Å². The van der Waals surface area contributed by atoms with Gasteiger partial charge in [-0.3, -0.25) is 9.59 Å². The normalized spacial score (nSPS) is 13.7. The van der Waals surface area contributed by atoms with Gasteiger partial charge in [0.1, 0.15) is 17.3 Å². The fraction of sp³-hybridized carbons (Fsp3) is 0.154. The first-order valence-electron chi connectivity index (χ1n) is 10.4. The molecular formula is C26H23FN2O3. The maximum atomic E-state index is 13.7. The van der Waals surface area contributed by atoms with Crippen molar-refractivity contribution >= 4 is 28.8 Å². The average molecular weight is 430 g/mol. The Balaban J connectivity index is 1.76. The van der Waals surface area contributed by atoms with Crippen molar-refractivity contribution < 1.29 is 18.7 Å². The van der Waals surface area contributed by atoms with E-state index in [9.17, 15) is 14.0 Å². The molecule has 2 amide bonds. The van der Waals surface area contributed by atoms with Crippen LogP contribution >= 0.6 is 0 Å². The second-order valence-electron chi connectivity index (χ2n) is 7.54. The third kappa shape index (κ3) is 4.25. The van der Waals surface area contributed by atoms with E-state index in [0.29, 0.717) is 29.3 Å². The van der Waals surface area contributed by atoms with Crippen molar-refractivity contribution in [1.29, 1.82) is 0 Å². The summed E-state index contributed by atoms with van der Waals surface area (Å²) < 4.78 is 19.4. The molecule has 0 aliphatic carbocycles. The highest BCUT2D eigenvalue weighted by molar-refractivity contribution is 6.46. The number of ether oxygens (including phenoxy) is 1. The molecule has 6 heteroatoms. The molecule has 3 aromatic carbocycles. The highest BCUT2D eigenvalue weighted by atomic mass is 19.1. The van der Waals surface area contributed by atoms with E-state index >= 15 is 0 Å². The monoisotopic (exact) mass is 430 g/mol. The largest absolute Gasteiger partial charge is 0.494 e. The molecule has 1 aliphatic rings. The van der Waals surface area contributed by atoms with Crippen LogP contribution in [0.4, 0.5) is 15.8 Å². The van der Waals surface area contributed by atoms with Gasteiger partial charge < -0.3 is 10.1 Å². The standard InChI is InChI=1S/C26H23FN2O3/c1-3-15-32-22-13-9-18(10-14-22)23-24(28-20-6-4-5-19(27)16-20)26(31)29(25(23)30)21-11-7-17(2)8-12-21/h4-14,16,28H,3,15H2,1-2H3. The van der Waals surface area contributed by atoms with Crippen molar-refractivity contribution in [1.82, 2.24) is 0 Å². The minimum absolute atomic E-state index is 0.100. The number of halogens is 1. The van der Waals surface area contributed by atoms with Crippen LogP contribution in [0.15, 0.2) is 78.5 Å². The molecule has 162 valence electrons. The molecule has 32 heavy (non-hydrogen) atoms. The third-order valence-corrected chi connectivity index (χ3v) is 5.09. The Bertz CT molecular complexity index is 1180. The first kappa shape index (κ1) is 21.3. The van der Waals surface area contributed by atoms with E-state index in [4.69, 9.17) is 4.74 Å². The van der Waals surface area contributed by atoms with Crippen molar-refractivity contribution in [2.75, 3.05) is 16.8 Å². The Morgan fingerprint density at radius 2 is 1.66 bits per heavy atom. The van der Waals surface area contributed by atoms with Gasteiger partial charge in [-0.1, -0.05) is 42.8 Å². The lowest BCUT2D eigenvalue weighted by Crippen LogP contribution is -2.32. The van der Waals surface area contributed by atoms with Crippen LogP contribution in [-0.4, -0.2) is 18.4 Å². The van der Waals surface area contributed by atoms with Gasteiger partial charge in [0.05, 0.1) is 17.9 Å². The van der Waals surface area contributed by atoms with Gasteiger partial charge in [-0.05, 0) is 61.4 Å². The molecule has 4 rings (SSSR count). The number of aryl methyl sites for hydroxylation is 1. The molecule has 0 fully saturated rings. The fourth-order valence-corrected chi connectivity index (χ4v) is 3.49. The van der Waals surface area contributed by atoms with Gasteiger partial charge in [0.2, 0.25) is 0 Å². The van der Waals surface area contributed by atoms with Crippen molar-refractivity contribution in [3.63, 3.8) is 0 Å². The summed E-state index contributed by atoms with van der Waals surface area (Å²) in [7, 11) is 0. The van der Waals surface area contributed by atoms with E-state index in [1.165, 1.54) is 18.2 Å². The SMILES string of the molecule is CCCOc1ccc(C2=C(Nc3cccc(F)c3)C(=O)N(c3ccc(C)cc3)C2=O)cc1. The Kier molecular flexibility index (Phi) is 6.03. The molecular weight excluding hydrogens is 407 g/mol. The average Bonchev–Trinajstić information content (AvgIpc) is 3.03. The Morgan fingerprint density at radius 1 is 0.938 bits per heavy atom. The topological polar surface area (TPSA) is 58.6 Å². The minimum Gasteiger partial charge on any atom is -0.494 e. The Hall–Kier alpha value is -3.93. The summed E-state index contributed by atoms with van der Waals surface area (Å²) in [6.07, 6.45) is 0.882. The number of nitrogens with one attached hydrogen (secondary N) is 1. The van der Waals surface area contributed by atoms with Crippen LogP contribution in [0.2, 0.25) is 0 Å². The van der Waals surface area contributed by atoms with Gasteiger partial charge in [-0.2, -0.15) is 0 Å². The zero-order chi connectivity index (χ0) is 22.7. The first-order chi connectivity index (χ1) is 15.5. The van der Waals surface area contributed by atoms with Crippen molar-refractivity contribution in [2.24, 2.45) is 0 Å². The lowest BCUT2D eigenvalue weighted by molar-refractivity contribution is -0.120. The number of imide groups is 1. The number of anilines is 2. The van der Waals surface area contributed by atoms with Crippen molar-refractivity contribution in [3.05, 3.63) is 95.4 Å². The second kappa shape index (κ2) is 9.06. The lowest BCUT2D eigenvalue weighted by Gasteiger charge is -2.15. The maximum Gasteiger partial charge on any atom is 0.282 e. The van der Waals surface area contributed by atoms with E-state index in [2.05, 4.69) is 5.32 Å². The molecule has 1 N–H and O–H groups in total. The van der Waals surface area contributed by atoms with Crippen LogP contribution in [0.1, 0.15) is 24.5 Å². The maximum absolute atomic E-state index is 13.7. The number of carbonyl (C=O) groups excluding carboxylic acids is 2.